The Bertz CT molecular complexity index is 412. The summed E-state index contributed by atoms with van der Waals surface area (Å²) >= 11 is 0. The smallest absolute Gasteiger partial charge is 0.134 e. The molecule has 1 aromatic rings. The minimum atomic E-state index is 0.349. The number of nitrogens with two attached hydrogens (primary N) is 1. The van der Waals surface area contributed by atoms with Crippen LogP contribution in [0.3, 0.4) is 0 Å². The molecular formula is C14H25N5. The summed E-state index contributed by atoms with van der Waals surface area (Å²) in [4.78, 5) is 13.6. The molecule has 0 atom stereocenters. The molecule has 19 heavy (non-hydrogen) atoms. The highest BCUT2D eigenvalue weighted by atomic mass is 15.2. The highest BCUT2D eigenvalue weighted by Gasteiger charge is 2.18. The van der Waals surface area contributed by atoms with E-state index in [1.54, 1.807) is 0 Å². The van der Waals surface area contributed by atoms with Crippen LogP contribution in [-0.4, -0.2) is 42.7 Å². The highest BCUT2D eigenvalue weighted by Crippen LogP contribution is 2.21. The predicted molar refractivity (Wildman–Crippen MR) is 79.8 cm³/mol. The number of anilines is 2. The van der Waals surface area contributed by atoms with E-state index in [1.165, 1.54) is 0 Å². The van der Waals surface area contributed by atoms with E-state index in [2.05, 4.69) is 39.8 Å². The number of nitrogens with zero attached hydrogens (tertiary/aromatic N) is 4. The molecule has 1 aliphatic rings. The second kappa shape index (κ2) is 6.19. The normalized spacial score (nSPS) is 16.7. The Hall–Kier alpha value is -1.36. The Labute approximate surface area is 115 Å². The molecule has 1 aromatic heterocycles. The highest BCUT2D eigenvalue weighted by molar-refractivity contribution is 5.50. The van der Waals surface area contributed by atoms with E-state index in [0.717, 1.165) is 56.4 Å². The van der Waals surface area contributed by atoms with Gasteiger partial charge >= 0.3 is 0 Å². The van der Waals surface area contributed by atoms with Crippen LogP contribution in [0.4, 0.5) is 11.6 Å². The van der Waals surface area contributed by atoms with Crippen LogP contribution in [0.1, 0.15) is 32.0 Å². The Morgan fingerprint density at radius 2 is 2.05 bits per heavy atom. The fraction of sp³-hybridized carbons (Fsp3) is 0.714. The number of hydrogen-bond acceptors (Lipinski definition) is 5. The number of aromatic nitrogens is 2. The van der Waals surface area contributed by atoms with Gasteiger partial charge in [0, 0.05) is 38.8 Å². The summed E-state index contributed by atoms with van der Waals surface area (Å²) in [5.41, 5.74) is 5.95. The standard InChI is InChI=1S/C14H25N5/c1-4-7-18(3)13-10-14(17-11(2)16-13)19-8-5-12(15)6-9-19/h10,12H,4-9,15H2,1-3H3. The third kappa shape index (κ3) is 3.56. The lowest BCUT2D eigenvalue weighted by molar-refractivity contribution is 0.498. The molecule has 0 spiro atoms. The third-order valence-electron chi connectivity index (χ3n) is 3.62. The summed E-state index contributed by atoms with van der Waals surface area (Å²) in [6.07, 6.45) is 3.21. The van der Waals surface area contributed by atoms with Crippen molar-refractivity contribution in [2.45, 2.75) is 39.2 Å². The lowest BCUT2D eigenvalue weighted by Crippen LogP contribution is -2.40. The van der Waals surface area contributed by atoms with Gasteiger partial charge in [-0.3, -0.25) is 0 Å². The van der Waals surface area contributed by atoms with E-state index in [-0.39, 0.29) is 0 Å². The molecule has 0 aromatic carbocycles. The first-order valence-electron chi connectivity index (χ1n) is 7.17. The van der Waals surface area contributed by atoms with E-state index in [9.17, 15) is 0 Å². The first kappa shape index (κ1) is 14.1. The summed E-state index contributed by atoms with van der Waals surface area (Å²) in [6.45, 7) is 7.14. The van der Waals surface area contributed by atoms with Crippen molar-refractivity contribution in [3.63, 3.8) is 0 Å². The Morgan fingerprint density at radius 1 is 1.37 bits per heavy atom. The molecule has 2 N–H and O–H groups in total. The van der Waals surface area contributed by atoms with Crippen molar-refractivity contribution >= 4 is 11.6 Å². The monoisotopic (exact) mass is 263 g/mol. The lowest BCUT2D eigenvalue weighted by Gasteiger charge is -2.31. The molecule has 0 saturated carbocycles. The summed E-state index contributed by atoms with van der Waals surface area (Å²) < 4.78 is 0. The van der Waals surface area contributed by atoms with E-state index in [0.29, 0.717) is 6.04 Å². The van der Waals surface area contributed by atoms with Gasteiger partial charge in [-0.2, -0.15) is 0 Å². The fourth-order valence-electron chi connectivity index (χ4n) is 2.47. The van der Waals surface area contributed by atoms with Crippen LogP contribution in [0.2, 0.25) is 0 Å². The van der Waals surface area contributed by atoms with Gasteiger partial charge in [0.2, 0.25) is 0 Å². The maximum absolute atomic E-state index is 5.95. The van der Waals surface area contributed by atoms with Gasteiger partial charge < -0.3 is 15.5 Å². The van der Waals surface area contributed by atoms with Gasteiger partial charge in [-0.25, -0.2) is 9.97 Å². The Balaban J connectivity index is 2.16. The minimum absolute atomic E-state index is 0.349. The van der Waals surface area contributed by atoms with Crippen LogP contribution < -0.4 is 15.5 Å². The van der Waals surface area contributed by atoms with E-state index < -0.39 is 0 Å². The van der Waals surface area contributed by atoms with Crippen molar-refractivity contribution < 1.29 is 0 Å². The van der Waals surface area contributed by atoms with Crippen molar-refractivity contribution in [1.82, 2.24) is 9.97 Å². The fourth-order valence-corrected chi connectivity index (χ4v) is 2.47. The quantitative estimate of drug-likeness (QED) is 0.893. The van der Waals surface area contributed by atoms with Gasteiger partial charge in [-0.15, -0.1) is 0 Å². The van der Waals surface area contributed by atoms with Crippen molar-refractivity contribution in [2.75, 3.05) is 36.5 Å². The lowest BCUT2D eigenvalue weighted by atomic mass is 10.1. The molecule has 0 bridgehead atoms. The maximum atomic E-state index is 5.95. The van der Waals surface area contributed by atoms with E-state index >= 15 is 0 Å². The predicted octanol–water partition coefficient (Wildman–Crippen LogP) is 1.56. The second-order valence-electron chi connectivity index (χ2n) is 5.38. The SMILES string of the molecule is CCCN(C)c1cc(N2CCC(N)CC2)nc(C)n1. The van der Waals surface area contributed by atoms with Crippen molar-refractivity contribution in [1.29, 1.82) is 0 Å². The zero-order chi connectivity index (χ0) is 13.8. The Morgan fingerprint density at radius 3 is 2.68 bits per heavy atom. The van der Waals surface area contributed by atoms with Crippen LogP contribution in [0.5, 0.6) is 0 Å². The zero-order valence-electron chi connectivity index (χ0n) is 12.3. The van der Waals surface area contributed by atoms with Crippen LogP contribution in [0.25, 0.3) is 0 Å². The molecule has 5 nitrogen and oxygen atoms in total. The molecule has 0 unspecified atom stereocenters. The summed E-state index contributed by atoms with van der Waals surface area (Å²) in [5.74, 6) is 2.89. The first-order chi connectivity index (χ1) is 9.10. The third-order valence-corrected chi connectivity index (χ3v) is 3.62. The molecule has 106 valence electrons. The molecule has 5 heteroatoms. The van der Waals surface area contributed by atoms with Gasteiger partial charge in [-0.1, -0.05) is 6.92 Å². The molecular weight excluding hydrogens is 238 g/mol. The number of aryl methyl sites for hydroxylation is 1. The molecule has 1 aliphatic heterocycles. The van der Waals surface area contributed by atoms with Gasteiger partial charge in [0.05, 0.1) is 0 Å². The molecule has 1 saturated heterocycles. The second-order valence-corrected chi connectivity index (χ2v) is 5.38. The van der Waals surface area contributed by atoms with Crippen LogP contribution in [-0.2, 0) is 0 Å². The summed E-state index contributed by atoms with van der Waals surface area (Å²) in [5, 5.41) is 0. The van der Waals surface area contributed by atoms with Crippen LogP contribution in [0, 0.1) is 6.92 Å². The Kier molecular flexibility index (Phi) is 4.58. The van der Waals surface area contributed by atoms with Crippen molar-refractivity contribution in [2.24, 2.45) is 5.73 Å². The first-order valence-corrected chi connectivity index (χ1v) is 7.17. The molecule has 2 rings (SSSR count). The molecule has 1 fully saturated rings. The summed E-state index contributed by atoms with van der Waals surface area (Å²) in [6, 6.07) is 2.45. The maximum Gasteiger partial charge on any atom is 0.134 e. The van der Waals surface area contributed by atoms with Gasteiger partial charge in [-0.05, 0) is 26.2 Å². The van der Waals surface area contributed by atoms with Gasteiger partial charge in [0.1, 0.15) is 17.5 Å². The average molecular weight is 263 g/mol. The van der Waals surface area contributed by atoms with E-state index in [1.807, 2.05) is 6.92 Å². The molecule has 0 aliphatic carbocycles. The number of piperidine rings is 1. The molecule has 0 amide bonds. The molecule has 0 radical (unpaired) electrons. The van der Waals surface area contributed by atoms with Crippen molar-refractivity contribution in [3.8, 4) is 0 Å². The number of rotatable bonds is 4. The van der Waals surface area contributed by atoms with Gasteiger partial charge in [0.25, 0.3) is 0 Å². The number of hydrogen-bond donors (Lipinski definition) is 1. The largest absolute Gasteiger partial charge is 0.360 e. The van der Waals surface area contributed by atoms with E-state index in [4.69, 9.17) is 5.73 Å². The summed E-state index contributed by atoms with van der Waals surface area (Å²) in [7, 11) is 2.08. The molecule has 2 heterocycles. The van der Waals surface area contributed by atoms with Crippen molar-refractivity contribution in [3.05, 3.63) is 11.9 Å². The van der Waals surface area contributed by atoms with Crippen LogP contribution >= 0.6 is 0 Å². The minimum Gasteiger partial charge on any atom is -0.360 e. The van der Waals surface area contributed by atoms with Crippen LogP contribution in [0.15, 0.2) is 6.07 Å². The van der Waals surface area contributed by atoms with Gasteiger partial charge in [0.15, 0.2) is 0 Å². The topological polar surface area (TPSA) is 58.3 Å². The average Bonchev–Trinajstić information content (AvgIpc) is 2.39. The zero-order valence-corrected chi connectivity index (χ0v) is 12.3.